The molecule has 0 spiro atoms. The van der Waals surface area contributed by atoms with Crippen LogP contribution in [0, 0.1) is 0 Å². The maximum atomic E-state index is 6.95. The van der Waals surface area contributed by atoms with Gasteiger partial charge in [-0.05, 0) is 30.9 Å². The number of morpholine rings is 1. The van der Waals surface area contributed by atoms with E-state index in [9.17, 15) is 0 Å². The second kappa shape index (κ2) is 6.84. The Morgan fingerprint density at radius 2 is 1.87 bits per heavy atom. The summed E-state index contributed by atoms with van der Waals surface area (Å²) in [5, 5.41) is 0.105. The van der Waals surface area contributed by atoms with Crippen LogP contribution in [-0.4, -0.2) is 53.6 Å². The molecule has 0 aliphatic carbocycles. The number of benzene rings is 1. The third-order valence-corrected chi connectivity index (χ3v) is 5.93. The fraction of sp³-hybridized carbons (Fsp3) is 0.579. The van der Waals surface area contributed by atoms with Gasteiger partial charge in [-0.25, -0.2) is 0 Å². The van der Waals surface area contributed by atoms with Crippen molar-refractivity contribution in [2.24, 2.45) is 0 Å². The number of hydrogen-bond acceptors (Lipinski definition) is 3. The normalized spacial score (nSPS) is 31.8. The van der Waals surface area contributed by atoms with E-state index in [1.807, 2.05) is 0 Å². The SMILES string of the molecule is Cl[C@H]1C(N2CCOCC2)=C[C@@H]2CCC[C@H]1N2Cc1ccccc1. The average Bonchev–Trinajstić information content (AvgIpc) is 2.60. The molecule has 0 aromatic heterocycles. The van der Waals surface area contributed by atoms with Crippen molar-refractivity contribution in [1.82, 2.24) is 9.80 Å². The summed E-state index contributed by atoms with van der Waals surface area (Å²) in [5.41, 5.74) is 2.74. The lowest BCUT2D eigenvalue weighted by molar-refractivity contribution is 0.0366. The first-order chi connectivity index (χ1) is 11.3. The number of ether oxygens (including phenoxy) is 1. The van der Waals surface area contributed by atoms with Crippen LogP contribution in [0.5, 0.6) is 0 Å². The van der Waals surface area contributed by atoms with E-state index in [2.05, 4.69) is 46.2 Å². The topological polar surface area (TPSA) is 15.7 Å². The van der Waals surface area contributed by atoms with Gasteiger partial charge in [0.25, 0.3) is 0 Å². The van der Waals surface area contributed by atoms with E-state index in [1.54, 1.807) is 0 Å². The number of nitrogens with zero attached hydrogens (tertiary/aromatic N) is 2. The number of hydrogen-bond donors (Lipinski definition) is 0. The maximum Gasteiger partial charge on any atom is 0.0886 e. The lowest BCUT2D eigenvalue weighted by Gasteiger charge is -2.49. The zero-order valence-corrected chi connectivity index (χ0v) is 14.3. The van der Waals surface area contributed by atoms with Crippen molar-refractivity contribution in [3.63, 3.8) is 0 Å². The van der Waals surface area contributed by atoms with Crippen molar-refractivity contribution in [1.29, 1.82) is 0 Å². The smallest absolute Gasteiger partial charge is 0.0886 e. The third-order valence-electron chi connectivity index (χ3n) is 5.42. The Morgan fingerprint density at radius 3 is 2.65 bits per heavy atom. The highest BCUT2D eigenvalue weighted by Gasteiger charge is 2.41. The van der Waals surface area contributed by atoms with Gasteiger partial charge in [0.1, 0.15) is 0 Å². The zero-order chi connectivity index (χ0) is 15.6. The van der Waals surface area contributed by atoms with Crippen LogP contribution in [0.1, 0.15) is 24.8 Å². The Bertz CT molecular complexity index is 556. The van der Waals surface area contributed by atoms with Crippen molar-refractivity contribution in [2.45, 2.75) is 43.3 Å². The van der Waals surface area contributed by atoms with Crippen LogP contribution in [0.15, 0.2) is 42.1 Å². The van der Waals surface area contributed by atoms with Gasteiger partial charge in [-0.3, -0.25) is 4.90 Å². The quantitative estimate of drug-likeness (QED) is 0.790. The van der Waals surface area contributed by atoms with E-state index in [1.165, 1.54) is 30.5 Å². The molecule has 3 atom stereocenters. The summed E-state index contributed by atoms with van der Waals surface area (Å²) in [4.78, 5) is 5.08. The van der Waals surface area contributed by atoms with Crippen LogP contribution in [0.2, 0.25) is 0 Å². The Kier molecular flexibility index (Phi) is 4.61. The fourth-order valence-electron chi connectivity index (χ4n) is 4.22. The number of piperidine rings is 1. The van der Waals surface area contributed by atoms with E-state index in [0.29, 0.717) is 12.1 Å². The fourth-order valence-corrected chi connectivity index (χ4v) is 4.70. The molecule has 1 aromatic carbocycles. The van der Waals surface area contributed by atoms with Crippen molar-refractivity contribution in [3.8, 4) is 0 Å². The minimum Gasteiger partial charge on any atom is -0.378 e. The van der Waals surface area contributed by atoms with Crippen molar-refractivity contribution in [2.75, 3.05) is 26.3 Å². The third kappa shape index (κ3) is 3.15. The van der Waals surface area contributed by atoms with E-state index < -0.39 is 0 Å². The summed E-state index contributed by atoms with van der Waals surface area (Å²) < 4.78 is 5.50. The second-order valence-corrected chi connectivity index (χ2v) is 7.29. The van der Waals surface area contributed by atoms with E-state index >= 15 is 0 Å². The number of fused-ring (bicyclic) bond motifs is 2. The molecule has 124 valence electrons. The van der Waals surface area contributed by atoms with Crippen molar-refractivity contribution in [3.05, 3.63) is 47.7 Å². The molecule has 3 nitrogen and oxygen atoms in total. The largest absolute Gasteiger partial charge is 0.378 e. The van der Waals surface area contributed by atoms with Gasteiger partial charge < -0.3 is 9.64 Å². The van der Waals surface area contributed by atoms with E-state index in [0.717, 1.165) is 32.8 Å². The molecule has 3 heterocycles. The molecule has 2 bridgehead atoms. The Hall–Kier alpha value is -1.03. The predicted octanol–water partition coefficient (Wildman–Crippen LogP) is 3.25. The van der Waals surface area contributed by atoms with Gasteiger partial charge in [-0.15, -0.1) is 11.6 Å². The molecular formula is C19H25ClN2O. The van der Waals surface area contributed by atoms with Gasteiger partial charge in [-0.2, -0.15) is 0 Å². The van der Waals surface area contributed by atoms with Crippen molar-refractivity contribution >= 4 is 11.6 Å². The molecule has 0 saturated carbocycles. The van der Waals surface area contributed by atoms with Crippen molar-refractivity contribution < 1.29 is 4.74 Å². The molecule has 23 heavy (non-hydrogen) atoms. The first-order valence-corrected chi connectivity index (χ1v) is 9.25. The number of alkyl halides is 1. The summed E-state index contributed by atoms with van der Waals surface area (Å²) in [5.74, 6) is 0. The van der Waals surface area contributed by atoms with E-state index in [-0.39, 0.29) is 5.38 Å². The minimum atomic E-state index is 0.105. The summed E-state index contributed by atoms with van der Waals surface area (Å²) in [6.07, 6.45) is 6.19. The summed E-state index contributed by atoms with van der Waals surface area (Å²) in [6.45, 7) is 4.61. The van der Waals surface area contributed by atoms with Gasteiger partial charge in [0.2, 0.25) is 0 Å². The van der Waals surface area contributed by atoms with Crippen LogP contribution in [0.3, 0.4) is 0 Å². The lowest BCUT2D eigenvalue weighted by atomic mass is 9.86. The second-order valence-electron chi connectivity index (χ2n) is 6.82. The van der Waals surface area contributed by atoms with Gasteiger partial charge in [0.15, 0.2) is 0 Å². The van der Waals surface area contributed by atoms with Crippen LogP contribution < -0.4 is 0 Å². The molecule has 1 aromatic rings. The zero-order valence-electron chi connectivity index (χ0n) is 13.5. The van der Waals surface area contributed by atoms with Crippen LogP contribution in [0.4, 0.5) is 0 Å². The molecule has 2 fully saturated rings. The molecule has 0 N–H and O–H groups in total. The molecule has 4 rings (SSSR count). The standard InChI is InChI=1S/C19H25ClN2O/c20-19-17-8-4-7-16(13-18(19)21-9-11-23-12-10-21)22(17)14-15-5-2-1-3-6-15/h1-3,5-6,13,16-17,19H,4,7-12,14H2/t16-,17+,19+/m0/s1. The molecule has 0 unspecified atom stereocenters. The minimum absolute atomic E-state index is 0.105. The van der Waals surface area contributed by atoms with Gasteiger partial charge in [0, 0.05) is 37.4 Å². The Balaban J connectivity index is 1.57. The van der Waals surface area contributed by atoms with Crippen LogP contribution in [-0.2, 0) is 11.3 Å². The van der Waals surface area contributed by atoms with Gasteiger partial charge in [-0.1, -0.05) is 30.3 Å². The van der Waals surface area contributed by atoms with Crippen LogP contribution in [0.25, 0.3) is 0 Å². The summed E-state index contributed by atoms with van der Waals surface area (Å²) >= 11 is 6.95. The molecule has 0 amide bonds. The van der Waals surface area contributed by atoms with Crippen LogP contribution >= 0.6 is 11.6 Å². The Labute approximate surface area is 143 Å². The highest BCUT2D eigenvalue weighted by Crippen LogP contribution is 2.38. The first kappa shape index (κ1) is 15.5. The first-order valence-electron chi connectivity index (χ1n) is 8.81. The highest BCUT2D eigenvalue weighted by molar-refractivity contribution is 6.23. The summed E-state index contributed by atoms with van der Waals surface area (Å²) in [7, 11) is 0. The average molecular weight is 333 g/mol. The molecule has 3 aliphatic rings. The Morgan fingerprint density at radius 1 is 1.09 bits per heavy atom. The molecular weight excluding hydrogens is 308 g/mol. The van der Waals surface area contributed by atoms with E-state index in [4.69, 9.17) is 16.3 Å². The molecule has 4 heteroatoms. The van der Waals surface area contributed by atoms with Gasteiger partial charge in [0.05, 0.1) is 18.6 Å². The van der Waals surface area contributed by atoms with Gasteiger partial charge >= 0.3 is 0 Å². The monoisotopic (exact) mass is 332 g/mol. The molecule has 3 aliphatic heterocycles. The maximum absolute atomic E-state index is 6.95. The summed E-state index contributed by atoms with van der Waals surface area (Å²) in [6, 6.07) is 11.8. The number of halogens is 1. The molecule has 0 radical (unpaired) electrons. The lowest BCUT2D eigenvalue weighted by Crippen LogP contribution is -2.56. The predicted molar refractivity (Wildman–Crippen MR) is 93.5 cm³/mol. The molecule has 2 saturated heterocycles. The highest BCUT2D eigenvalue weighted by atomic mass is 35.5. The number of rotatable bonds is 3.